The van der Waals surface area contributed by atoms with Crippen molar-refractivity contribution >= 4 is 23.0 Å². The van der Waals surface area contributed by atoms with Crippen LogP contribution in [0.4, 0.5) is 4.79 Å². The second-order valence-electron chi connectivity index (χ2n) is 12.3. The Labute approximate surface area is 235 Å². The fourth-order valence-electron chi connectivity index (χ4n) is 5.27. The van der Waals surface area contributed by atoms with E-state index in [0.29, 0.717) is 30.4 Å². The average Bonchev–Trinajstić information content (AvgIpc) is 3.58. The van der Waals surface area contributed by atoms with Crippen LogP contribution in [-0.2, 0) is 21.3 Å². The minimum atomic E-state index is -0.556. The highest BCUT2D eigenvalue weighted by Gasteiger charge is 2.54. The van der Waals surface area contributed by atoms with Gasteiger partial charge >= 0.3 is 12.1 Å². The topological polar surface area (TPSA) is 109 Å². The average molecular weight is 550 g/mol. The number of fused-ring (bicyclic) bond motifs is 1. The first-order valence-corrected chi connectivity index (χ1v) is 14.0. The summed E-state index contributed by atoms with van der Waals surface area (Å²) >= 11 is 0. The molecule has 2 unspecified atom stereocenters. The van der Waals surface area contributed by atoms with Gasteiger partial charge in [0.1, 0.15) is 23.1 Å². The van der Waals surface area contributed by atoms with Gasteiger partial charge in [0.2, 0.25) is 5.88 Å². The zero-order chi connectivity index (χ0) is 28.8. The summed E-state index contributed by atoms with van der Waals surface area (Å²) in [5.41, 5.74) is 2.48. The molecule has 0 bridgehead atoms. The number of carbonyl (C=O) groups is 2. The van der Waals surface area contributed by atoms with E-state index >= 15 is 0 Å². The van der Waals surface area contributed by atoms with Gasteiger partial charge in [-0.15, -0.1) is 0 Å². The van der Waals surface area contributed by atoms with E-state index < -0.39 is 11.5 Å². The van der Waals surface area contributed by atoms with Crippen LogP contribution in [0.25, 0.3) is 22.3 Å². The smallest absolute Gasteiger partial charge is 0.410 e. The molecule has 40 heavy (non-hydrogen) atoms. The molecule has 1 aromatic carbocycles. The molecular formula is C30H39N5O5. The summed E-state index contributed by atoms with van der Waals surface area (Å²) in [6.07, 6.45) is 5.58. The van der Waals surface area contributed by atoms with Crippen molar-refractivity contribution in [1.29, 1.82) is 0 Å². The maximum atomic E-state index is 12.8. The molecule has 3 aromatic rings. The number of nitrogens with zero attached hydrogens (tertiary/aromatic N) is 5. The van der Waals surface area contributed by atoms with Crippen molar-refractivity contribution in [2.24, 2.45) is 12.5 Å². The SMILES string of the molecule is CC(C)OC(=O)C(C)c1ccc2c(c1)c(-c1cncc(OC3CN(C(=O)OC(C)(C)C)CCC34CC4)n1)nn2C. The molecule has 1 aliphatic heterocycles. The van der Waals surface area contributed by atoms with Gasteiger partial charge in [-0.25, -0.2) is 9.78 Å². The van der Waals surface area contributed by atoms with Crippen LogP contribution in [0.3, 0.4) is 0 Å². The highest BCUT2D eigenvalue weighted by molar-refractivity contribution is 5.93. The first kappa shape index (κ1) is 27.9. The third kappa shape index (κ3) is 5.76. The van der Waals surface area contributed by atoms with Crippen molar-refractivity contribution < 1.29 is 23.8 Å². The monoisotopic (exact) mass is 549 g/mol. The number of benzene rings is 1. The minimum absolute atomic E-state index is 0.0591. The Balaban J connectivity index is 1.40. The summed E-state index contributed by atoms with van der Waals surface area (Å²) in [6.45, 7) is 12.2. The van der Waals surface area contributed by atoms with E-state index in [0.717, 1.165) is 35.7 Å². The molecule has 1 saturated heterocycles. The van der Waals surface area contributed by atoms with Crippen LogP contribution in [0.1, 0.15) is 72.3 Å². The first-order valence-electron chi connectivity index (χ1n) is 14.0. The summed E-state index contributed by atoms with van der Waals surface area (Å²) in [5, 5.41) is 5.59. The Hall–Kier alpha value is -3.69. The number of esters is 1. The first-order chi connectivity index (χ1) is 18.8. The van der Waals surface area contributed by atoms with Crippen molar-refractivity contribution in [3.8, 4) is 17.3 Å². The molecule has 1 spiro atoms. The molecular weight excluding hydrogens is 510 g/mol. The summed E-state index contributed by atoms with van der Waals surface area (Å²) in [5.74, 6) is -0.296. The van der Waals surface area contributed by atoms with Crippen LogP contribution < -0.4 is 4.74 Å². The molecule has 2 atom stereocenters. The third-order valence-corrected chi connectivity index (χ3v) is 7.69. The Morgan fingerprint density at radius 1 is 1.10 bits per heavy atom. The molecule has 0 radical (unpaired) electrons. The maximum absolute atomic E-state index is 12.8. The lowest BCUT2D eigenvalue weighted by molar-refractivity contribution is -0.148. The molecule has 10 nitrogen and oxygen atoms in total. The number of rotatable bonds is 6. The van der Waals surface area contributed by atoms with E-state index in [1.165, 1.54) is 0 Å². The largest absolute Gasteiger partial charge is 0.471 e. The normalized spacial score (nSPS) is 19.1. The predicted molar refractivity (Wildman–Crippen MR) is 150 cm³/mol. The highest BCUT2D eigenvalue weighted by atomic mass is 16.6. The van der Waals surface area contributed by atoms with Crippen molar-refractivity contribution in [1.82, 2.24) is 24.6 Å². The molecule has 3 heterocycles. The highest BCUT2D eigenvalue weighted by Crippen LogP contribution is 2.54. The number of likely N-dealkylation sites (tertiary alicyclic amines) is 1. The second-order valence-corrected chi connectivity index (χ2v) is 12.3. The number of carbonyl (C=O) groups excluding carboxylic acids is 2. The molecule has 1 saturated carbocycles. The maximum Gasteiger partial charge on any atom is 0.410 e. The quantitative estimate of drug-likeness (QED) is 0.384. The zero-order valence-electron chi connectivity index (χ0n) is 24.4. The lowest BCUT2D eigenvalue weighted by atomic mass is 9.90. The summed E-state index contributed by atoms with van der Waals surface area (Å²) in [6, 6.07) is 5.86. The van der Waals surface area contributed by atoms with Gasteiger partial charge in [-0.2, -0.15) is 5.10 Å². The number of aromatic nitrogens is 4. The van der Waals surface area contributed by atoms with Crippen molar-refractivity contribution in [3.63, 3.8) is 0 Å². The van der Waals surface area contributed by atoms with Gasteiger partial charge in [0.15, 0.2) is 0 Å². The molecule has 10 heteroatoms. The fraction of sp³-hybridized carbons (Fsp3) is 0.567. The Morgan fingerprint density at radius 3 is 2.52 bits per heavy atom. The van der Waals surface area contributed by atoms with Crippen LogP contribution in [0, 0.1) is 5.41 Å². The number of aryl methyl sites for hydroxylation is 1. The fourth-order valence-corrected chi connectivity index (χ4v) is 5.27. The van der Waals surface area contributed by atoms with Crippen LogP contribution >= 0.6 is 0 Å². The number of ether oxygens (including phenoxy) is 3. The summed E-state index contributed by atoms with van der Waals surface area (Å²) < 4.78 is 19.3. The van der Waals surface area contributed by atoms with Gasteiger partial charge in [0, 0.05) is 24.4 Å². The van der Waals surface area contributed by atoms with Crippen LogP contribution in [0.5, 0.6) is 5.88 Å². The van der Waals surface area contributed by atoms with E-state index in [2.05, 4.69) is 4.98 Å². The van der Waals surface area contributed by atoms with Crippen molar-refractivity contribution in [2.75, 3.05) is 13.1 Å². The molecule has 1 amide bonds. The zero-order valence-corrected chi connectivity index (χ0v) is 24.4. The van der Waals surface area contributed by atoms with Gasteiger partial charge in [-0.05, 0) is 78.5 Å². The van der Waals surface area contributed by atoms with E-state index in [1.807, 2.05) is 66.8 Å². The van der Waals surface area contributed by atoms with Gasteiger partial charge in [0.05, 0.1) is 36.5 Å². The standard InChI is InChI=1S/C30H39N5O5/c1-18(2)38-27(36)19(3)20-8-9-23-21(14-20)26(33-34(23)7)22-15-31-16-25(32-22)39-24-17-35(13-12-30(24)10-11-30)28(37)40-29(4,5)6/h8-9,14-16,18-19,24H,10-13,17H2,1-7H3. The molecule has 0 N–H and O–H groups in total. The van der Waals surface area contributed by atoms with Crippen LogP contribution in [0.2, 0.25) is 0 Å². The number of amides is 1. The number of hydrogen-bond acceptors (Lipinski definition) is 8. The molecule has 214 valence electrons. The van der Waals surface area contributed by atoms with Crippen molar-refractivity contribution in [3.05, 3.63) is 36.2 Å². The van der Waals surface area contributed by atoms with E-state index in [1.54, 1.807) is 22.0 Å². The summed E-state index contributed by atoms with van der Waals surface area (Å²) in [4.78, 5) is 36.3. The Bertz CT molecular complexity index is 1420. The molecule has 1 aliphatic carbocycles. The third-order valence-electron chi connectivity index (χ3n) is 7.69. The van der Waals surface area contributed by atoms with Gasteiger partial charge in [0.25, 0.3) is 0 Å². The van der Waals surface area contributed by atoms with Gasteiger partial charge < -0.3 is 19.1 Å². The molecule has 5 rings (SSSR count). The number of hydrogen-bond donors (Lipinski definition) is 0. The Kier molecular flexibility index (Phi) is 7.22. The second kappa shape index (κ2) is 10.4. The van der Waals surface area contributed by atoms with E-state index in [9.17, 15) is 9.59 Å². The van der Waals surface area contributed by atoms with Gasteiger partial charge in [-0.3, -0.25) is 14.5 Å². The lowest BCUT2D eigenvalue weighted by Crippen LogP contribution is -2.51. The minimum Gasteiger partial charge on any atom is -0.471 e. The molecule has 2 aliphatic rings. The van der Waals surface area contributed by atoms with Crippen molar-refractivity contribution in [2.45, 2.75) is 84.5 Å². The molecule has 2 fully saturated rings. The number of piperidine rings is 1. The van der Waals surface area contributed by atoms with Crippen LogP contribution in [-0.4, -0.2) is 67.6 Å². The predicted octanol–water partition coefficient (Wildman–Crippen LogP) is 5.25. The Morgan fingerprint density at radius 2 is 1.85 bits per heavy atom. The van der Waals surface area contributed by atoms with E-state index in [4.69, 9.17) is 24.3 Å². The lowest BCUT2D eigenvalue weighted by Gasteiger charge is -2.39. The summed E-state index contributed by atoms with van der Waals surface area (Å²) in [7, 11) is 1.87. The molecule has 2 aromatic heterocycles. The van der Waals surface area contributed by atoms with E-state index in [-0.39, 0.29) is 29.7 Å². The van der Waals surface area contributed by atoms with Crippen LogP contribution in [0.15, 0.2) is 30.6 Å². The van der Waals surface area contributed by atoms with Gasteiger partial charge in [-0.1, -0.05) is 6.07 Å².